The van der Waals surface area contributed by atoms with Gasteiger partial charge in [-0.3, -0.25) is 0 Å². The van der Waals surface area contributed by atoms with Crippen molar-refractivity contribution in [2.75, 3.05) is 10.6 Å². The zero-order valence-corrected chi connectivity index (χ0v) is 13.0. The molecular weight excluding hydrogens is 319 g/mol. The predicted molar refractivity (Wildman–Crippen MR) is 85.0 cm³/mol. The molecule has 8 heteroatoms. The lowest BCUT2D eigenvalue weighted by atomic mass is 9.96. The Morgan fingerprint density at radius 1 is 1.00 bits per heavy atom. The van der Waals surface area contributed by atoms with Gasteiger partial charge in [-0.2, -0.15) is 23.3 Å². The first kappa shape index (κ1) is 16.5. The SMILES string of the molecule is FC(F)(F)c1ccc(Nc2cnnc(NC3CCCCC3)n2)cc1. The Balaban J connectivity index is 1.65. The third-order valence-corrected chi connectivity index (χ3v) is 3.98. The molecule has 1 saturated carbocycles. The van der Waals surface area contributed by atoms with Gasteiger partial charge in [-0.25, -0.2) is 0 Å². The van der Waals surface area contributed by atoms with E-state index in [0.29, 0.717) is 23.5 Å². The minimum absolute atomic E-state index is 0.349. The highest BCUT2D eigenvalue weighted by molar-refractivity contribution is 5.56. The van der Waals surface area contributed by atoms with Crippen molar-refractivity contribution in [2.45, 2.75) is 44.3 Å². The molecule has 24 heavy (non-hydrogen) atoms. The normalized spacial score (nSPS) is 16.0. The minimum atomic E-state index is -4.34. The first-order chi connectivity index (χ1) is 11.5. The van der Waals surface area contributed by atoms with Crippen molar-refractivity contribution in [1.82, 2.24) is 15.2 Å². The molecule has 1 fully saturated rings. The lowest BCUT2D eigenvalue weighted by Gasteiger charge is -2.22. The molecule has 3 rings (SSSR count). The Morgan fingerprint density at radius 3 is 2.38 bits per heavy atom. The summed E-state index contributed by atoms with van der Waals surface area (Å²) in [6.07, 6.45) is 2.89. The summed E-state index contributed by atoms with van der Waals surface area (Å²) in [5, 5.41) is 14.0. The molecule has 0 spiro atoms. The summed E-state index contributed by atoms with van der Waals surface area (Å²) in [7, 11) is 0. The number of hydrogen-bond donors (Lipinski definition) is 2. The third-order valence-electron chi connectivity index (χ3n) is 3.98. The van der Waals surface area contributed by atoms with Crippen LogP contribution in [0.3, 0.4) is 0 Å². The van der Waals surface area contributed by atoms with Crippen LogP contribution in [0.5, 0.6) is 0 Å². The average molecular weight is 337 g/mol. The van der Waals surface area contributed by atoms with Gasteiger partial charge in [-0.05, 0) is 37.1 Å². The molecular formula is C16H18F3N5. The second-order valence-corrected chi connectivity index (χ2v) is 5.84. The summed E-state index contributed by atoms with van der Waals surface area (Å²) < 4.78 is 37.7. The number of anilines is 3. The Kier molecular flexibility index (Phi) is 4.82. The van der Waals surface area contributed by atoms with E-state index in [1.54, 1.807) is 0 Å². The van der Waals surface area contributed by atoms with Crippen molar-refractivity contribution in [2.24, 2.45) is 0 Å². The molecule has 2 N–H and O–H groups in total. The highest BCUT2D eigenvalue weighted by atomic mass is 19.4. The molecule has 1 aliphatic carbocycles. The van der Waals surface area contributed by atoms with E-state index in [4.69, 9.17) is 0 Å². The summed E-state index contributed by atoms with van der Waals surface area (Å²) in [5.74, 6) is 0.863. The highest BCUT2D eigenvalue weighted by Crippen LogP contribution is 2.30. The number of nitrogens with zero attached hydrogens (tertiary/aromatic N) is 3. The fourth-order valence-corrected chi connectivity index (χ4v) is 2.74. The molecule has 1 aromatic heterocycles. The van der Waals surface area contributed by atoms with Gasteiger partial charge >= 0.3 is 6.18 Å². The third kappa shape index (κ3) is 4.33. The van der Waals surface area contributed by atoms with Gasteiger partial charge in [0.2, 0.25) is 5.95 Å². The summed E-state index contributed by atoms with van der Waals surface area (Å²) in [6.45, 7) is 0. The van der Waals surface area contributed by atoms with Crippen LogP contribution in [0.15, 0.2) is 30.5 Å². The van der Waals surface area contributed by atoms with E-state index in [1.165, 1.54) is 37.6 Å². The van der Waals surface area contributed by atoms with Gasteiger partial charge in [0.15, 0.2) is 5.82 Å². The number of nitrogens with one attached hydrogen (secondary N) is 2. The maximum absolute atomic E-state index is 12.6. The topological polar surface area (TPSA) is 62.7 Å². The van der Waals surface area contributed by atoms with E-state index in [0.717, 1.165) is 25.0 Å². The van der Waals surface area contributed by atoms with Gasteiger partial charge in [0, 0.05) is 11.7 Å². The molecule has 1 aromatic carbocycles. The van der Waals surface area contributed by atoms with E-state index in [2.05, 4.69) is 25.8 Å². The van der Waals surface area contributed by atoms with Crippen LogP contribution in [0.25, 0.3) is 0 Å². The highest BCUT2D eigenvalue weighted by Gasteiger charge is 2.29. The zero-order valence-electron chi connectivity index (χ0n) is 13.0. The summed E-state index contributed by atoms with van der Waals surface area (Å²) in [5.41, 5.74) is -0.180. The maximum Gasteiger partial charge on any atom is 0.416 e. The van der Waals surface area contributed by atoms with Gasteiger partial charge < -0.3 is 10.6 Å². The van der Waals surface area contributed by atoms with Gasteiger partial charge in [-0.15, -0.1) is 5.10 Å². The number of benzene rings is 1. The Labute approximate surface area is 137 Å². The number of halogens is 3. The van der Waals surface area contributed by atoms with Crippen molar-refractivity contribution in [3.8, 4) is 0 Å². The smallest absolute Gasteiger partial charge is 0.350 e. The minimum Gasteiger partial charge on any atom is -0.350 e. The predicted octanol–water partition coefficient (Wildman–Crippen LogP) is 4.38. The van der Waals surface area contributed by atoms with Crippen molar-refractivity contribution in [3.05, 3.63) is 36.0 Å². The van der Waals surface area contributed by atoms with Crippen LogP contribution in [0.1, 0.15) is 37.7 Å². The van der Waals surface area contributed by atoms with Crippen molar-refractivity contribution in [3.63, 3.8) is 0 Å². The summed E-state index contributed by atoms with van der Waals surface area (Å²) in [6, 6.07) is 5.12. The van der Waals surface area contributed by atoms with Crippen LogP contribution in [0, 0.1) is 0 Å². The average Bonchev–Trinajstić information content (AvgIpc) is 2.56. The van der Waals surface area contributed by atoms with E-state index in [-0.39, 0.29) is 0 Å². The van der Waals surface area contributed by atoms with Crippen LogP contribution >= 0.6 is 0 Å². The quantitative estimate of drug-likeness (QED) is 0.867. The van der Waals surface area contributed by atoms with Gasteiger partial charge in [0.05, 0.1) is 11.8 Å². The molecule has 1 heterocycles. The van der Waals surface area contributed by atoms with Crippen LogP contribution < -0.4 is 10.6 Å². The molecule has 0 amide bonds. The lowest BCUT2D eigenvalue weighted by Crippen LogP contribution is -2.23. The zero-order chi connectivity index (χ0) is 17.0. The molecule has 0 atom stereocenters. The van der Waals surface area contributed by atoms with Gasteiger partial charge in [0.1, 0.15) is 0 Å². The van der Waals surface area contributed by atoms with Crippen molar-refractivity contribution < 1.29 is 13.2 Å². The Morgan fingerprint density at radius 2 is 1.71 bits per heavy atom. The second kappa shape index (κ2) is 7.02. The number of rotatable bonds is 4. The molecule has 0 unspecified atom stereocenters. The maximum atomic E-state index is 12.6. The molecule has 0 radical (unpaired) electrons. The van der Waals surface area contributed by atoms with E-state index >= 15 is 0 Å². The Bertz CT molecular complexity index is 666. The largest absolute Gasteiger partial charge is 0.416 e. The summed E-state index contributed by atoms with van der Waals surface area (Å²) >= 11 is 0. The first-order valence-electron chi connectivity index (χ1n) is 7.91. The molecule has 1 aliphatic rings. The molecule has 5 nitrogen and oxygen atoms in total. The molecule has 0 saturated heterocycles. The fourth-order valence-electron chi connectivity index (χ4n) is 2.74. The van der Waals surface area contributed by atoms with Crippen LogP contribution in [-0.4, -0.2) is 21.2 Å². The number of hydrogen-bond acceptors (Lipinski definition) is 5. The molecule has 0 aliphatic heterocycles. The monoisotopic (exact) mass is 337 g/mol. The number of alkyl halides is 3. The van der Waals surface area contributed by atoms with E-state index in [1.807, 2.05) is 0 Å². The van der Waals surface area contributed by atoms with E-state index in [9.17, 15) is 13.2 Å². The fraction of sp³-hybridized carbons (Fsp3) is 0.438. The number of aromatic nitrogens is 3. The van der Waals surface area contributed by atoms with Crippen molar-refractivity contribution in [1.29, 1.82) is 0 Å². The summed E-state index contributed by atoms with van der Waals surface area (Å²) in [4.78, 5) is 4.32. The second-order valence-electron chi connectivity index (χ2n) is 5.84. The van der Waals surface area contributed by atoms with Crippen molar-refractivity contribution >= 4 is 17.5 Å². The lowest BCUT2D eigenvalue weighted by molar-refractivity contribution is -0.137. The molecule has 128 valence electrons. The standard InChI is InChI=1S/C16H18F3N5/c17-16(18,19)11-6-8-13(9-7-11)21-14-10-20-24-15(23-14)22-12-4-2-1-3-5-12/h6-10,12H,1-5H2,(H2,21,22,23,24). The van der Waals surface area contributed by atoms with Crippen LogP contribution in [0.2, 0.25) is 0 Å². The van der Waals surface area contributed by atoms with Gasteiger partial charge in [0.25, 0.3) is 0 Å². The van der Waals surface area contributed by atoms with Crippen LogP contribution in [0.4, 0.5) is 30.6 Å². The first-order valence-corrected chi connectivity index (χ1v) is 7.91. The van der Waals surface area contributed by atoms with E-state index < -0.39 is 11.7 Å². The van der Waals surface area contributed by atoms with Crippen LogP contribution in [-0.2, 0) is 6.18 Å². The Hall–Kier alpha value is -2.38. The van der Waals surface area contributed by atoms with Gasteiger partial charge in [-0.1, -0.05) is 19.3 Å². The molecule has 0 bridgehead atoms. The molecule has 2 aromatic rings.